The van der Waals surface area contributed by atoms with Crippen LogP contribution in [0.15, 0.2) is 54.6 Å². The molecule has 1 fully saturated rings. The maximum absolute atomic E-state index is 12.6. The van der Waals surface area contributed by atoms with E-state index in [1.54, 1.807) is 19.1 Å². The molecule has 1 N–H and O–H groups in total. The van der Waals surface area contributed by atoms with Crippen molar-refractivity contribution >= 4 is 11.9 Å². The number of nitrogens with one attached hydrogen (secondary N) is 1. The van der Waals surface area contributed by atoms with E-state index >= 15 is 0 Å². The van der Waals surface area contributed by atoms with Crippen molar-refractivity contribution in [2.45, 2.75) is 51.4 Å². The molecule has 0 radical (unpaired) electrons. The van der Waals surface area contributed by atoms with E-state index < -0.39 is 12.1 Å². The van der Waals surface area contributed by atoms with Crippen LogP contribution in [0.25, 0.3) is 0 Å². The Bertz CT molecular complexity index is 769. The molecule has 0 aromatic heterocycles. The quantitative estimate of drug-likeness (QED) is 0.755. The van der Waals surface area contributed by atoms with Crippen molar-refractivity contribution in [3.8, 4) is 5.75 Å². The Morgan fingerprint density at radius 3 is 2.44 bits per heavy atom. The topological polar surface area (TPSA) is 64.6 Å². The Labute approximate surface area is 159 Å². The van der Waals surface area contributed by atoms with E-state index in [2.05, 4.69) is 5.32 Å². The van der Waals surface area contributed by atoms with Gasteiger partial charge in [-0.1, -0.05) is 49.2 Å². The first kappa shape index (κ1) is 19.0. The summed E-state index contributed by atoms with van der Waals surface area (Å²) in [6, 6.07) is 16.7. The lowest BCUT2D eigenvalue weighted by atomic mass is 10.1. The van der Waals surface area contributed by atoms with Gasteiger partial charge in [-0.25, -0.2) is 4.79 Å². The van der Waals surface area contributed by atoms with Crippen molar-refractivity contribution in [3.05, 3.63) is 65.7 Å². The number of rotatable bonds is 7. The fraction of sp³-hybridized carbons (Fsp3) is 0.364. The highest BCUT2D eigenvalue weighted by atomic mass is 16.5. The van der Waals surface area contributed by atoms with Crippen LogP contribution in [0.1, 0.15) is 48.5 Å². The minimum atomic E-state index is -0.832. The van der Waals surface area contributed by atoms with Crippen LogP contribution >= 0.6 is 0 Å². The van der Waals surface area contributed by atoms with Gasteiger partial charge in [0.15, 0.2) is 6.10 Å². The highest BCUT2D eigenvalue weighted by Gasteiger charge is 2.24. The molecular weight excluding hydrogens is 342 g/mol. The average molecular weight is 367 g/mol. The molecule has 1 aliphatic rings. The highest BCUT2D eigenvalue weighted by molar-refractivity contribution is 5.93. The summed E-state index contributed by atoms with van der Waals surface area (Å²) in [5.74, 6) is -0.0328. The van der Waals surface area contributed by atoms with Gasteiger partial charge >= 0.3 is 5.97 Å². The van der Waals surface area contributed by atoms with E-state index in [1.165, 1.54) is 0 Å². The van der Waals surface area contributed by atoms with Crippen LogP contribution in [0.4, 0.5) is 0 Å². The summed E-state index contributed by atoms with van der Waals surface area (Å²) in [7, 11) is 0. The van der Waals surface area contributed by atoms with E-state index in [1.807, 2.05) is 42.5 Å². The van der Waals surface area contributed by atoms with Gasteiger partial charge in [-0.3, -0.25) is 4.79 Å². The zero-order chi connectivity index (χ0) is 19.1. The minimum absolute atomic E-state index is 0.199. The van der Waals surface area contributed by atoms with Crippen LogP contribution in [-0.2, 0) is 16.1 Å². The van der Waals surface area contributed by atoms with E-state index in [0.717, 1.165) is 37.0 Å². The Morgan fingerprint density at radius 2 is 1.70 bits per heavy atom. The molecule has 27 heavy (non-hydrogen) atoms. The first-order chi connectivity index (χ1) is 13.1. The molecular formula is C22H25NO4. The smallest absolute Gasteiger partial charge is 0.339 e. The molecule has 0 unspecified atom stereocenters. The number of para-hydroxylation sites is 1. The number of amides is 1. The van der Waals surface area contributed by atoms with Gasteiger partial charge in [0.05, 0.1) is 5.56 Å². The third-order valence-corrected chi connectivity index (χ3v) is 4.73. The molecule has 0 aliphatic heterocycles. The summed E-state index contributed by atoms with van der Waals surface area (Å²) in [5, 5.41) is 2.96. The van der Waals surface area contributed by atoms with Gasteiger partial charge < -0.3 is 14.8 Å². The van der Waals surface area contributed by atoms with E-state index in [4.69, 9.17) is 9.47 Å². The summed E-state index contributed by atoms with van der Waals surface area (Å²) in [5.41, 5.74) is 1.13. The fourth-order valence-corrected chi connectivity index (χ4v) is 3.19. The zero-order valence-electron chi connectivity index (χ0n) is 15.5. The number of hydrogen-bond donors (Lipinski definition) is 1. The molecule has 1 atom stereocenters. The maximum Gasteiger partial charge on any atom is 0.339 e. The van der Waals surface area contributed by atoms with Crippen LogP contribution in [-0.4, -0.2) is 24.0 Å². The summed E-state index contributed by atoms with van der Waals surface area (Å²) < 4.78 is 11.1. The van der Waals surface area contributed by atoms with Crippen molar-refractivity contribution in [2.24, 2.45) is 0 Å². The summed E-state index contributed by atoms with van der Waals surface area (Å²) in [6.07, 6.45) is 3.42. The SMILES string of the molecule is C[C@H](OC(=O)c1ccccc1COc1ccccc1)C(=O)NC1CCCC1. The molecule has 1 aliphatic carbocycles. The first-order valence-corrected chi connectivity index (χ1v) is 9.40. The van der Waals surface area contributed by atoms with Crippen LogP contribution < -0.4 is 10.1 Å². The number of ether oxygens (including phenoxy) is 2. The second-order valence-electron chi connectivity index (χ2n) is 6.80. The standard InChI is InChI=1S/C22H25NO4/c1-16(21(24)23-18-10-6-7-11-18)27-22(25)20-14-8-5-9-17(20)15-26-19-12-3-2-4-13-19/h2-5,8-9,12-14,16,18H,6-7,10-11,15H2,1H3,(H,23,24)/t16-/m0/s1. The number of carbonyl (C=O) groups is 2. The maximum atomic E-state index is 12.6. The lowest BCUT2D eigenvalue weighted by Crippen LogP contribution is -2.40. The fourth-order valence-electron chi connectivity index (χ4n) is 3.19. The van der Waals surface area contributed by atoms with Gasteiger partial charge in [0, 0.05) is 11.6 Å². The molecule has 1 amide bonds. The predicted molar refractivity (Wildman–Crippen MR) is 102 cm³/mol. The molecule has 0 spiro atoms. The second-order valence-corrected chi connectivity index (χ2v) is 6.80. The minimum Gasteiger partial charge on any atom is -0.489 e. The Balaban J connectivity index is 1.59. The van der Waals surface area contributed by atoms with Gasteiger partial charge in [0.25, 0.3) is 5.91 Å². The molecule has 1 saturated carbocycles. The summed E-state index contributed by atoms with van der Waals surface area (Å²) >= 11 is 0. The molecule has 0 heterocycles. The molecule has 2 aromatic carbocycles. The van der Waals surface area contributed by atoms with Crippen molar-refractivity contribution < 1.29 is 19.1 Å². The monoisotopic (exact) mass is 367 g/mol. The zero-order valence-corrected chi connectivity index (χ0v) is 15.5. The largest absolute Gasteiger partial charge is 0.489 e. The molecule has 142 valence electrons. The average Bonchev–Trinajstić information content (AvgIpc) is 3.20. The first-order valence-electron chi connectivity index (χ1n) is 9.40. The summed E-state index contributed by atoms with van der Waals surface area (Å²) in [4.78, 5) is 24.8. The van der Waals surface area contributed by atoms with Crippen molar-refractivity contribution in [3.63, 3.8) is 0 Å². The number of benzene rings is 2. The van der Waals surface area contributed by atoms with Crippen LogP contribution in [0.5, 0.6) is 5.75 Å². The van der Waals surface area contributed by atoms with Gasteiger partial charge in [-0.15, -0.1) is 0 Å². The van der Waals surface area contributed by atoms with Crippen molar-refractivity contribution in [1.29, 1.82) is 0 Å². The van der Waals surface area contributed by atoms with Crippen LogP contribution in [0, 0.1) is 0 Å². The summed E-state index contributed by atoms with van der Waals surface area (Å²) in [6.45, 7) is 1.85. The van der Waals surface area contributed by atoms with Crippen LogP contribution in [0.2, 0.25) is 0 Å². The highest BCUT2D eigenvalue weighted by Crippen LogP contribution is 2.19. The normalized spacial score (nSPS) is 15.1. The Kier molecular flexibility index (Phi) is 6.47. The van der Waals surface area contributed by atoms with Gasteiger partial charge in [-0.05, 0) is 38.0 Å². The Morgan fingerprint density at radius 1 is 1.04 bits per heavy atom. The van der Waals surface area contributed by atoms with E-state index in [0.29, 0.717) is 5.56 Å². The van der Waals surface area contributed by atoms with Gasteiger partial charge in [0.2, 0.25) is 0 Å². The van der Waals surface area contributed by atoms with Crippen molar-refractivity contribution in [1.82, 2.24) is 5.32 Å². The second kappa shape index (κ2) is 9.21. The third-order valence-electron chi connectivity index (χ3n) is 4.73. The number of hydrogen-bond acceptors (Lipinski definition) is 4. The van der Waals surface area contributed by atoms with Gasteiger partial charge in [0.1, 0.15) is 12.4 Å². The molecule has 0 bridgehead atoms. The Hall–Kier alpha value is -2.82. The molecule has 0 saturated heterocycles. The van der Waals surface area contributed by atoms with Crippen LogP contribution in [0.3, 0.4) is 0 Å². The number of esters is 1. The lowest BCUT2D eigenvalue weighted by molar-refractivity contribution is -0.129. The third kappa shape index (κ3) is 5.33. The van der Waals surface area contributed by atoms with Crippen molar-refractivity contribution in [2.75, 3.05) is 0 Å². The molecule has 5 heteroatoms. The number of carbonyl (C=O) groups excluding carboxylic acids is 2. The van der Waals surface area contributed by atoms with E-state index in [9.17, 15) is 9.59 Å². The molecule has 5 nitrogen and oxygen atoms in total. The van der Waals surface area contributed by atoms with E-state index in [-0.39, 0.29) is 18.6 Å². The predicted octanol–water partition coefficient (Wildman–Crippen LogP) is 3.87. The van der Waals surface area contributed by atoms with Gasteiger partial charge in [-0.2, -0.15) is 0 Å². The lowest BCUT2D eigenvalue weighted by Gasteiger charge is -2.18. The molecule has 3 rings (SSSR count). The molecule has 2 aromatic rings.